The monoisotopic (exact) mass is 260 g/mol. The second-order valence-electron chi connectivity index (χ2n) is 5.86. The number of methoxy groups -OCH3 is 1. The normalized spacial score (nSPS) is 24.2. The number of anilines is 1. The zero-order valence-electron chi connectivity index (χ0n) is 11.8. The number of fused-ring (bicyclic) bond motifs is 1. The molecule has 0 aliphatic carbocycles. The number of hydrogen-bond acceptors (Lipinski definition) is 3. The van der Waals surface area contributed by atoms with Gasteiger partial charge < -0.3 is 15.0 Å². The summed E-state index contributed by atoms with van der Waals surface area (Å²) in [7, 11) is 1.81. The first-order valence-electron chi connectivity index (χ1n) is 7.41. The third-order valence-corrected chi connectivity index (χ3v) is 4.53. The minimum absolute atomic E-state index is 0.662. The fourth-order valence-corrected chi connectivity index (χ4v) is 3.40. The fourth-order valence-electron chi connectivity index (χ4n) is 3.40. The summed E-state index contributed by atoms with van der Waals surface area (Å²) < 4.78 is 5.27. The Morgan fingerprint density at radius 2 is 2.05 bits per heavy atom. The van der Waals surface area contributed by atoms with Gasteiger partial charge in [0.15, 0.2) is 0 Å². The molecule has 0 radical (unpaired) electrons. The van der Waals surface area contributed by atoms with Crippen LogP contribution >= 0.6 is 0 Å². The first-order valence-corrected chi connectivity index (χ1v) is 7.41. The molecular weight excluding hydrogens is 236 g/mol. The molecule has 1 unspecified atom stereocenters. The maximum Gasteiger partial charge on any atom is 0.0491 e. The molecular formula is C16H24N2O. The fraction of sp³-hybridized carbons (Fsp3) is 0.625. The van der Waals surface area contributed by atoms with Crippen molar-refractivity contribution in [2.75, 3.05) is 45.2 Å². The number of nitrogens with zero attached hydrogens (tertiary/aromatic N) is 1. The number of nitrogens with one attached hydrogen (secondary N) is 1. The summed E-state index contributed by atoms with van der Waals surface area (Å²) in [6.07, 6.45) is 2.57. The number of likely N-dealkylation sites (tertiary alicyclic amines) is 1. The number of piperidine rings is 1. The molecule has 1 atom stereocenters. The van der Waals surface area contributed by atoms with Crippen LogP contribution in [0.1, 0.15) is 24.3 Å². The molecule has 3 nitrogen and oxygen atoms in total. The predicted molar refractivity (Wildman–Crippen MR) is 78.7 cm³/mol. The molecule has 1 saturated heterocycles. The van der Waals surface area contributed by atoms with Crippen LogP contribution in [-0.4, -0.2) is 44.8 Å². The van der Waals surface area contributed by atoms with Crippen LogP contribution in [0.5, 0.6) is 0 Å². The molecule has 0 saturated carbocycles. The summed E-state index contributed by atoms with van der Waals surface area (Å²) in [4.78, 5) is 2.63. The molecule has 0 spiro atoms. The Balaban J connectivity index is 1.54. The van der Waals surface area contributed by atoms with E-state index in [2.05, 4.69) is 34.5 Å². The Morgan fingerprint density at radius 3 is 2.84 bits per heavy atom. The van der Waals surface area contributed by atoms with Gasteiger partial charge >= 0.3 is 0 Å². The molecule has 0 amide bonds. The Bertz CT molecular complexity index is 413. The summed E-state index contributed by atoms with van der Waals surface area (Å²) in [6.45, 7) is 5.68. The second-order valence-corrected chi connectivity index (χ2v) is 5.86. The predicted octanol–water partition coefficient (Wildman–Crippen LogP) is 2.55. The van der Waals surface area contributed by atoms with Crippen LogP contribution in [-0.2, 0) is 4.74 Å². The van der Waals surface area contributed by atoms with E-state index in [9.17, 15) is 0 Å². The van der Waals surface area contributed by atoms with Crippen LogP contribution in [0.15, 0.2) is 24.3 Å². The molecule has 3 heteroatoms. The maximum absolute atomic E-state index is 5.27. The van der Waals surface area contributed by atoms with E-state index in [1.807, 2.05) is 7.11 Å². The molecule has 3 rings (SSSR count). The van der Waals surface area contributed by atoms with Crippen molar-refractivity contribution in [3.63, 3.8) is 0 Å². The maximum atomic E-state index is 5.27. The Kier molecular flexibility index (Phi) is 4.04. The molecule has 1 N–H and O–H groups in total. The van der Waals surface area contributed by atoms with Gasteiger partial charge in [-0.15, -0.1) is 0 Å². The lowest BCUT2D eigenvalue weighted by Gasteiger charge is -2.33. The van der Waals surface area contributed by atoms with Gasteiger partial charge in [-0.25, -0.2) is 0 Å². The average molecular weight is 260 g/mol. The van der Waals surface area contributed by atoms with Crippen LogP contribution in [0, 0.1) is 5.92 Å². The number of benzene rings is 1. The summed E-state index contributed by atoms with van der Waals surface area (Å²) in [5, 5.41) is 3.52. The van der Waals surface area contributed by atoms with Crippen molar-refractivity contribution in [3.8, 4) is 0 Å². The van der Waals surface area contributed by atoms with E-state index in [1.54, 1.807) is 0 Å². The van der Waals surface area contributed by atoms with Crippen molar-refractivity contribution >= 4 is 5.69 Å². The van der Waals surface area contributed by atoms with E-state index in [4.69, 9.17) is 4.74 Å². The van der Waals surface area contributed by atoms with Crippen LogP contribution in [0.3, 0.4) is 0 Å². The number of ether oxygens (including phenoxy) is 1. The molecule has 1 aromatic rings. The highest BCUT2D eigenvalue weighted by Gasteiger charge is 2.26. The topological polar surface area (TPSA) is 24.5 Å². The lowest BCUT2D eigenvalue weighted by Crippen LogP contribution is -2.37. The third kappa shape index (κ3) is 2.93. The highest BCUT2D eigenvalue weighted by molar-refractivity contribution is 5.57. The van der Waals surface area contributed by atoms with E-state index in [1.165, 1.54) is 43.7 Å². The summed E-state index contributed by atoms with van der Waals surface area (Å²) >= 11 is 0. The minimum Gasteiger partial charge on any atom is -0.384 e. The van der Waals surface area contributed by atoms with Gasteiger partial charge in [-0.1, -0.05) is 18.2 Å². The second kappa shape index (κ2) is 5.93. The smallest absolute Gasteiger partial charge is 0.0491 e. The lowest BCUT2D eigenvalue weighted by molar-refractivity contribution is 0.0976. The molecule has 1 aromatic carbocycles. The van der Waals surface area contributed by atoms with Gasteiger partial charge in [-0.3, -0.25) is 0 Å². The molecule has 0 bridgehead atoms. The Labute approximate surface area is 115 Å². The summed E-state index contributed by atoms with van der Waals surface area (Å²) in [6, 6.07) is 8.74. The van der Waals surface area contributed by atoms with Gasteiger partial charge in [0.05, 0.1) is 0 Å². The van der Waals surface area contributed by atoms with E-state index >= 15 is 0 Å². The molecule has 2 aliphatic heterocycles. The molecule has 1 fully saturated rings. The largest absolute Gasteiger partial charge is 0.384 e. The van der Waals surface area contributed by atoms with Crippen molar-refractivity contribution in [2.45, 2.75) is 18.8 Å². The first kappa shape index (κ1) is 12.9. The SMILES string of the molecule is COCC1CCN(CC2CNc3ccccc32)CC1. The molecule has 0 aromatic heterocycles. The highest BCUT2D eigenvalue weighted by Crippen LogP contribution is 2.32. The van der Waals surface area contributed by atoms with Gasteiger partial charge in [-0.05, 0) is 43.5 Å². The van der Waals surface area contributed by atoms with Crippen LogP contribution < -0.4 is 5.32 Å². The molecule has 2 aliphatic rings. The number of hydrogen-bond donors (Lipinski definition) is 1. The van der Waals surface area contributed by atoms with E-state index in [0.29, 0.717) is 5.92 Å². The van der Waals surface area contributed by atoms with Crippen LogP contribution in [0.4, 0.5) is 5.69 Å². The zero-order valence-corrected chi connectivity index (χ0v) is 11.8. The number of rotatable bonds is 4. The average Bonchev–Trinajstić information content (AvgIpc) is 2.85. The quantitative estimate of drug-likeness (QED) is 0.900. The molecule has 2 heterocycles. The Hall–Kier alpha value is -1.06. The van der Waals surface area contributed by atoms with Crippen LogP contribution in [0.2, 0.25) is 0 Å². The highest BCUT2D eigenvalue weighted by atomic mass is 16.5. The van der Waals surface area contributed by atoms with E-state index in [0.717, 1.165) is 19.1 Å². The standard InChI is InChI=1S/C16H24N2O/c1-19-12-13-6-8-18(9-7-13)11-14-10-17-16-5-3-2-4-15(14)16/h2-5,13-14,17H,6-12H2,1H3. The molecule has 104 valence electrons. The van der Waals surface area contributed by atoms with E-state index < -0.39 is 0 Å². The first-order chi connectivity index (χ1) is 9.36. The van der Waals surface area contributed by atoms with Gasteiger partial charge in [0.1, 0.15) is 0 Å². The number of para-hydroxylation sites is 1. The molecule has 19 heavy (non-hydrogen) atoms. The van der Waals surface area contributed by atoms with Crippen molar-refractivity contribution in [1.29, 1.82) is 0 Å². The van der Waals surface area contributed by atoms with Gasteiger partial charge in [0.25, 0.3) is 0 Å². The van der Waals surface area contributed by atoms with Gasteiger partial charge in [-0.2, -0.15) is 0 Å². The summed E-state index contributed by atoms with van der Waals surface area (Å²) in [5.41, 5.74) is 2.84. The van der Waals surface area contributed by atoms with Crippen molar-refractivity contribution in [1.82, 2.24) is 4.90 Å². The zero-order chi connectivity index (χ0) is 13.1. The summed E-state index contributed by atoms with van der Waals surface area (Å²) in [5.74, 6) is 1.44. The van der Waals surface area contributed by atoms with Crippen molar-refractivity contribution < 1.29 is 4.74 Å². The van der Waals surface area contributed by atoms with Crippen molar-refractivity contribution in [2.24, 2.45) is 5.92 Å². The van der Waals surface area contributed by atoms with Crippen LogP contribution in [0.25, 0.3) is 0 Å². The van der Waals surface area contributed by atoms with Crippen molar-refractivity contribution in [3.05, 3.63) is 29.8 Å². The minimum atomic E-state index is 0.662. The third-order valence-electron chi connectivity index (χ3n) is 4.53. The van der Waals surface area contributed by atoms with E-state index in [-0.39, 0.29) is 0 Å². The lowest BCUT2D eigenvalue weighted by atomic mass is 9.95. The Morgan fingerprint density at radius 1 is 1.26 bits per heavy atom. The van der Waals surface area contributed by atoms with Gasteiger partial charge in [0.2, 0.25) is 0 Å². The van der Waals surface area contributed by atoms with Gasteiger partial charge in [0, 0.05) is 38.4 Å².